The minimum absolute atomic E-state index is 0.295. The number of imide groups is 1. The lowest BCUT2D eigenvalue weighted by atomic mass is 10.2. The zero-order valence-electron chi connectivity index (χ0n) is 14.3. The molecule has 0 unspecified atom stereocenters. The SMILES string of the molecule is CCCNC(=O)NC(=O)COC(=O)c1sc(-c2cccc(Cl)c2)nc1C. The second-order valence-corrected chi connectivity index (χ2v) is 6.76. The Hall–Kier alpha value is -2.45. The maximum absolute atomic E-state index is 12.2. The predicted molar refractivity (Wildman–Crippen MR) is 99.4 cm³/mol. The zero-order valence-corrected chi connectivity index (χ0v) is 15.9. The Kier molecular flexibility index (Phi) is 7.11. The van der Waals surface area contributed by atoms with Gasteiger partial charge >= 0.3 is 12.0 Å². The Morgan fingerprint density at radius 2 is 2.08 bits per heavy atom. The highest BCUT2D eigenvalue weighted by atomic mass is 35.5. The van der Waals surface area contributed by atoms with E-state index in [9.17, 15) is 14.4 Å². The van der Waals surface area contributed by atoms with Crippen molar-refractivity contribution >= 4 is 40.8 Å². The standard InChI is InChI=1S/C17H18ClN3O4S/c1-3-7-19-17(24)21-13(22)9-25-16(23)14-10(2)20-15(26-14)11-5-4-6-12(18)8-11/h4-6,8H,3,7,9H2,1-2H3,(H2,19,21,22,24). The number of halogens is 1. The van der Waals surface area contributed by atoms with E-state index in [2.05, 4.69) is 15.6 Å². The van der Waals surface area contributed by atoms with Gasteiger partial charge in [-0.3, -0.25) is 10.1 Å². The quantitative estimate of drug-likeness (QED) is 0.732. The molecule has 0 saturated heterocycles. The number of rotatable bonds is 6. The van der Waals surface area contributed by atoms with Crippen LogP contribution in [0.3, 0.4) is 0 Å². The topological polar surface area (TPSA) is 97.4 Å². The van der Waals surface area contributed by atoms with Gasteiger partial charge in [-0.1, -0.05) is 30.7 Å². The highest BCUT2D eigenvalue weighted by Gasteiger charge is 2.19. The van der Waals surface area contributed by atoms with Crippen LogP contribution in [-0.2, 0) is 9.53 Å². The normalized spacial score (nSPS) is 10.3. The van der Waals surface area contributed by atoms with Gasteiger partial charge in [-0.25, -0.2) is 14.6 Å². The molecule has 0 aliphatic carbocycles. The third-order valence-electron chi connectivity index (χ3n) is 3.18. The summed E-state index contributed by atoms with van der Waals surface area (Å²) in [6.45, 7) is 3.46. The Balaban J connectivity index is 1.96. The van der Waals surface area contributed by atoms with Gasteiger partial charge in [0.25, 0.3) is 5.91 Å². The highest BCUT2D eigenvalue weighted by molar-refractivity contribution is 7.17. The summed E-state index contributed by atoms with van der Waals surface area (Å²) in [6.07, 6.45) is 0.746. The number of ether oxygens (including phenoxy) is 1. The van der Waals surface area contributed by atoms with Crippen LogP contribution < -0.4 is 10.6 Å². The summed E-state index contributed by atoms with van der Waals surface area (Å²) in [5.41, 5.74) is 1.28. The van der Waals surface area contributed by atoms with E-state index in [0.717, 1.165) is 23.3 Å². The Morgan fingerprint density at radius 1 is 1.31 bits per heavy atom. The number of nitrogens with one attached hydrogen (secondary N) is 2. The molecule has 1 aromatic carbocycles. The number of thiazole rings is 1. The van der Waals surface area contributed by atoms with Crippen LogP contribution in [0.5, 0.6) is 0 Å². The summed E-state index contributed by atoms with van der Waals surface area (Å²) in [7, 11) is 0. The summed E-state index contributed by atoms with van der Waals surface area (Å²) in [5.74, 6) is -1.37. The molecule has 2 rings (SSSR count). The van der Waals surface area contributed by atoms with Gasteiger partial charge in [0.05, 0.1) is 5.69 Å². The number of amides is 3. The molecule has 0 saturated carbocycles. The number of urea groups is 1. The fourth-order valence-electron chi connectivity index (χ4n) is 1.97. The number of carbonyl (C=O) groups is 3. The molecule has 138 valence electrons. The molecule has 3 amide bonds. The first kappa shape index (κ1) is 19.9. The van der Waals surface area contributed by atoms with Crippen molar-refractivity contribution in [3.63, 3.8) is 0 Å². The van der Waals surface area contributed by atoms with Crippen LogP contribution in [0.25, 0.3) is 10.6 Å². The van der Waals surface area contributed by atoms with Gasteiger partial charge in [-0.2, -0.15) is 0 Å². The smallest absolute Gasteiger partial charge is 0.350 e. The molecule has 0 aliphatic heterocycles. The van der Waals surface area contributed by atoms with Gasteiger partial charge in [-0.05, 0) is 25.5 Å². The monoisotopic (exact) mass is 395 g/mol. The van der Waals surface area contributed by atoms with Gasteiger partial charge < -0.3 is 10.1 Å². The predicted octanol–water partition coefficient (Wildman–Crippen LogP) is 3.16. The van der Waals surface area contributed by atoms with Crippen LogP contribution in [0.15, 0.2) is 24.3 Å². The van der Waals surface area contributed by atoms with Gasteiger partial charge in [0, 0.05) is 17.1 Å². The number of benzene rings is 1. The largest absolute Gasteiger partial charge is 0.451 e. The van der Waals surface area contributed by atoms with Crippen molar-refractivity contribution in [3.05, 3.63) is 39.9 Å². The molecule has 2 aromatic rings. The van der Waals surface area contributed by atoms with E-state index < -0.39 is 24.5 Å². The Labute approximate surface area is 159 Å². The molecule has 0 bridgehead atoms. The van der Waals surface area contributed by atoms with E-state index in [4.69, 9.17) is 16.3 Å². The van der Waals surface area contributed by atoms with E-state index >= 15 is 0 Å². The number of aromatic nitrogens is 1. The van der Waals surface area contributed by atoms with Crippen LogP contribution in [0, 0.1) is 6.92 Å². The van der Waals surface area contributed by atoms with E-state index in [1.165, 1.54) is 0 Å². The molecule has 9 heteroatoms. The molecule has 0 aliphatic rings. The Bertz CT molecular complexity index is 822. The highest BCUT2D eigenvalue weighted by Crippen LogP contribution is 2.29. The molecule has 2 N–H and O–H groups in total. The van der Waals surface area contributed by atoms with Crippen molar-refractivity contribution in [2.45, 2.75) is 20.3 Å². The van der Waals surface area contributed by atoms with E-state index in [-0.39, 0.29) is 0 Å². The van der Waals surface area contributed by atoms with Gasteiger partial charge in [0.2, 0.25) is 0 Å². The Morgan fingerprint density at radius 3 is 2.77 bits per heavy atom. The molecule has 0 radical (unpaired) electrons. The number of esters is 1. The third kappa shape index (κ3) is 5.53. The zero-order chi connectivity index (χ0) is 19.1. The second-order valence-electron chi connectivity index (χ2n) is 5.32. The van der Waals surface area contributed by atoms with Gasteiger partial charge in [0.15, 0.2) is 6.61 Å². The van der Waals surface area contributed by atoms with Crippen LogP contribution in [0.2, 0.25) is 5.02 Å². The minimum atomic E-state index is -0.704. The molecule has 0 atom stereocenters. The van der Waals surface area contributed by atoms with E-state index in [1.807, 2.05) is 13.0 Å². The fraction of sp³-hybridized carbons (Fsp3) is 0.294. The van der Waals surface area contributed by atoms with Crippen LogP contribution in [-0.4, -0.2) is 36.0 Å². The molecular formula is C17H18ClN3O4S. The summed E-state index contributed by atoms with van der Waals surface area (Å²) >= 11 is 7.12. The van der Waals surface area contributed by atoms with Crippen molar-refractivity contribution in [1.29, 1.82) is 0 Å². The van der Waals surface area contributed by atoms with Crippen molar-refractivity contribution in [2.24, 2.45) is 0 Å². The van der Waals surface area contributed by atoms with Gasteiger partial charge in [-0.15, -0.1) is 11.3 Å². The van der Waals surface area contributed by atoms with Gasteiger partial charge in [0.1, 0.15) is 9.88 Å². The molecule has 26 heavy (non-hydrogen) atoms. The average molecular weight is 396 g/mol. The summed E-state index contributed by atoms with van der Waals surface area (Å²) in [4.78, 5) is 39.8. The van der Waals surface area contributed by atoms with Crippen LogP contribution in [0.4, 0.5) is 4.79 Å². The first-order valence-electron chi connectivity index (χ1n) is 7.89. The lowest BCUT2D eigenvalue weighted by Gasteiger charge is -2.06. The maximum atomic E-state index is 12.2. The van der Waals surface area contributed by atoms with E-state index in [1.54, 1.807) is 25.1 Å². The maximum Gasteiger partial charge on any atom is 0.350 e. The van der Waals surface area contributed by atoms with Crippen molar-refractivity contribution in [1.82, 2.24) is 15.6 Å². The second kappa shape index (κ2) is 9.30. The third-order valence-corrected chi connectivity index (χ3v) is 4.60. The number of carbonyl (C=O) groups excluding carboxylic acids is 3. The number of aryl methyl sites for hydroxylation is 1. The van der Waals surface area contributed by atoms with Crippen molar-refractivity contribution in [2.75, 3.05) is 13.2 Å². The van der Waals surface area contributed by atoms with Crippen LogP contribution >= 0.6 is 22.9 Å². The van der Waals surface area contributed by atoms with Crippen molar-refractivity contribution < 1.29 is 19.1 Å². The molecule has 0 fully saturated rings. The first-order chi connectivity index (χ1) is 12.4. The molecule has 1 aromatic heterocycles. The summed E-state index contributed by atoms with van der Waals surface area (Å²) < 4.78 is 4.96. The fourth-order valence-corrected chi connectivity index (χ4v) is 3.12. The lowest BCUT2D eigenvalue weighted by Crippen LogP contribution is -2.41. The number of hydrogen-bond acceptors (Lipinski definition) is 6. The molecule has 7 nitrogen and oxygen atoms in total. The average Bonchev–Trinajstić information content (AvgIpc) is 3.00. The molecule has 1 heterocycles. The molecule has 0 spiro atoms. The number of hydrogen-bond donors (Lipinski definition) is 2. The summed E-state index contributed by atoms with van der Waals surface area (Å²) in [5, 5.41) is 5.76. The van der Waals surface area contributed by atoms with E-state index in [0.29, 0.717) is 27.1 Å². The van der Waals surface area contributed by atoms with Crippen LogP contribution in [0.1, 0.15) is 28.7 Å². The lowest BCUT2D eigenvalue weighted by molar-refractivity contribution is -0.123. The van der Waals surface area contributed by atoms with Crippen molar-refractivity contribution in [3.8, 4) is 10.6 Å². The first-order valence-corrected chi connectivity index (χ1v) is 9.08. The minimum Gasteiger partial charge on any atom is -0.451 e. The number of nitrogens with zero attached hydrogens (tertiary/aromatic N) is 1. The molecular weight excluding hydrogens is 378 g/mol. The summed E-state index contributed by atoms with van der Waals surface area (Å²) in [6, 6.07) is 6.50.